The Kier molecular flexibility index (Phi) is 6.34. The summed E-state index contributed by atoms with van der Waals surface area (Å²) >= 11 is 0. The third-order valence-electron chi connectivity index (χ3n) is 2.39. The molecular formula is C9H23N3. The lowest BCUT2D eigenvalue weighted by Gasteiger charge is -2.27. The molecule has 0 amide bonds. The van der Waals surface area contributed by atoms with Gasteiger partial charge in [-0.15, -0.1) is 0 Å². The van der Waals surface area contributed by atoms with Gasteiger partial charge in [0, 0.05) is 12.6 Å². The maximum absolute atomic E-state index is 5.50. The first-order chi connectivity index (χ1) is 5.65. The fourth-order valence-electron chi connectivity index (χ4n) is 1.59. The molecule has 0 heterocycles. The second-order valence-electron chi connectivity index (χ2n) is 3.61. The zero-order valence-corrected chi connectivity index (χ0v) is 8.80. The second kappa shape index (κ2) is 6.40. The average Bonchev–Trinajstić information content (AvgIpc) is 2.04. The summed E-state index contributed by atoms with van der Waals surface area (Å²) in [5.41, 5.74) is 2.89. The van der Waals surface area contributed by atoms with Crippen LogP contribution >= 0.6 is 0 Å². The highest BCUT2D eigenvalue weighted by Gasteiger charge is 2.16. The summed E-state index contributed by atoms with van der Waals surface area (Å²) in [5.74, 6) is 6.19. The van der Waals surface area contributed by atoms with Crippen molar-refractivity contribution in [1.82, 2.24) is 10.3 Å². The molecule has 0 fully saturated rings. The summed E-state index contributed by atoms with van der Waals surface area (Å²) in [7, 11) is 4.15. The Hall–Kier alpha value is -0.120. The Morgan fingerprint density at radius 3 is 2.00 bits per heavy atom. The Bertz CT molecular complexity index is 99.9. The summed E-state index contributed by atoms with van der Waals surface area (Å²) in [4.78, 5) is 2.17. The summed E-state index contributed by atoms with van der Waals surface area (Å²) in [6.45, 7) is 5.45. The Morgan fingerprint density at radius 2 is 1.75 bits per heavy atom. The van der Waals surface area contributed by atoms with Gasteiger partial charge in [-0.05, 0) is 20.0 Å². The Balaban J connectivity index is 3.92. The number of hydrazine groups is 1. The molecule has 0 aliphatic heterocycles. The van der Waals surface area contributed by atoms with Crippen LogP contribution in [-0.2, 0) is 0 Å². The largest absolute Gasteiger partial charge is 0.308 e. The monoisotopic (exact) mass is 173 g/mol. The van der Waals surface area contributed by atoms with Crippen LogP contribution in [0.25, 0.3) is 0 Å². The molecule has 0 radical (unpaired) electrons. The number of rotatable bonds is 6. The first-order valence-corrected chi connectivity index (χ1v) is 4.76. The van der Waals surface area contributed by atoms with Crippen LogP contribution in [0.2, 0.25) is 0 Å². The predicted molar refractivity (Wildman–Crippen MR) is 53.7 cm³/mol. The number of hydrogen-bond donors (Lipinski definition) is 2. The lowest BCUT2D eigenvalue weighted by atomic mass is 9.94. The summed E-state index contributed by atoms with van der Waals surface area (Å²) in [6.07, 6.45) is 2.39. The van der Waals surface area contributed by atoms with Gasteiger partial charge in [-0.25, -0.2) is 0 Å². The van der Waals surface area contributed by atoms with E-state index in [-0.39, 0.29) is 0 Å². The first-order valence-electron chi connectivity index (χ1n) is 4.76. The minimum Gasteiger partial charge on any atom is -0.308 e. The van der Waals surface area contributed by atoms with E-state index in [9.17, 15) is 0 Å². The minimum atomic E-state index is 0.426. The van der Waals surface area contributed by atoms with Gasteiger partial charge in [-0.2, -0.15) is 0 Å². The van der Waals surface area contributed by atoms with E-state index in [2.05, 4.69) is 38.3 Å². The van der Waals surface area contributed by atoms with Gasteiger partial charge in [-0.3, -0.25) is 11.3 Å². The van der Waals surface area contributed by atoms with Crippen LogP contribution in [0, 0.1) is 5.92 Å². The molecule has 0 aliphatic carbocycles. The van der Waals surface area contributed by atoms with Gasteiger partial charge in [0.15, 0.2) is 0 Å². The second-order valence-corrected chi connectivity index (χ2v) is 3.61. The van der Waals surface area contributed by atoms with Crippen molar-refractivity contribution in [3.8, 4) is 0 Å². The van der Waals surface area contributed by atoms with Gasteiger partial charge in [0.05, 0.1) is 0 Å². The smallest absolute Gasteiger partial charge is 0.0365 e. The molecule has 1 atom stereocenters. The maximum atomic E-state index is 5.50. The van der Waals surface area contributed by atoms with Gasteiger partial charge < -0.3 is 4.90 Å². The predicted octanol–water partition coefficient (Wildman–Crippen LogP) is 0.816. The zero-order chi connectivity index (χ0) is 9.56. The lowest BCUT2D eigenvalue weighted by Crippen LogP contribution is -2.46. The molecule has 0 aromatic carbocycles. The van der Waals surface area contributed by atoms with E-state index in [4.69, 9.17) is 5.84 Å². The number of nitrogens with zero attached hydrogens (tertiary/aromatic N) is 1. The van der Waals surface area contributed by atoms with Crippen LogP contribution in [-0.4, -0.2) is 31.6 Å². The first kappa shape index (κ1) is 11.9. The molecule has 3 N–H and O–H groups in total. The molecule has 0 aliphatic rings. The van der Waals surface area contributed by atoms with Crippen LogP contribution in [0.1, 0.15) is 26.7 Å². The number of hydrogen-bond acceptors (Lipinski definition) is 3. The van der Waals surface area contributed by atoms with E-state index < -0.39 is 0 Å². The molecule has 3 heteroatoms. The van der Waals surface area contributed by atoms with Gasteiger partial charge >= 0.3 is 0 Å². The molecular weight excluding hydrogens is 150 g/mol. The quantitative estimate of drug-likeness (QED) is 0.461. The minimum absolute atomic E-state index is 0.426. The fraction of sp³-hybridized carbons (Fsp3) is 1.00. The standard InChI is InChI=1S/C9H23N3/c1-5-8(6-2)9(11-10)7-12(3)4/h8-9,11H,5-7,10H2,1-4H3. The van der Waals surface area contributed by atoms with Gasteiger partial charge in [0.25, 0.3) is 0 Å². The van der Waals surface area contributed by atoms with E-state index in [1.807, 2.05) is 0 Å². The highest BCUT2D eigenvalue weighted by Crippen LogP contribution is 2.12. The molecule has 0 saturated carbocycles. The van der Waals surface area contributed by atoms with Crippen LogP contribution in [0.15, 0.2) is 0 Å². The number of likely N-dealkylation sites (N-methyl/N-ethyl adjacent to an activating group) is 1. The van der Waals surface area contributed by atoms with Gasteiger partial charge in [0.2, 0.25) is 0 Å². The zero-order valence-electron chi connectivity index (χ0n) is 8.80. The van der Waals surface area contributed by atoms with E-state index in [1.165, 1.54) is 12.8 Å². The molecule has 0 saturated heterocycles. The molecule has 3 nitrogen and oxygen atoms in total. The highest BCUT2D eigenvalue weighted by molar-refractivity contribution is 4.74. The Morgan fingerprint density at radius 1 is 1.25 bits per heavy atom. The lowest BCUT2D eigenvalue weighted by molar-refractivity contribution is 0.259. The average molecular weight is 173 g/mol. The molecule has 1 unspecified atom stereocenters. The van der Waals surface area contributed by atoms with E-state index in [0.29, 0.717) is 12.0 Å². The third-order valence-corrected chi connectivity index (χ3v) is 2.39. The third kappa shape index (κ3) is 4.04. The molecule has 0 aromatic rings. The highest BCUT2D eigenvalue weighted by atomic mass is 15.3. The van der Waals surface area contributed by atoms with E-state index >= 15 is 0 Å². The van der Waals surface area contributed by atoms with Crippen LogP contribution in [0.4, 0.5) is 0 Å². The van der Waals surface area contributed by atoms with Crippen molar-refractivity contribution in [3.63, 3.8) is 0 Å². The topological polar surface area (TPSA) is 41.3 Å². The van der Waals surface area contributed by atoms with Crippen molar-refractivity contribution < 1.29 is 0 Å². The van der Waals surface area contributed by atoms with Crippen molar-refractivity contribution in [1.29, 1.82) is 0 Å². The van der Waals surface area contributed by atoms with Crippen molar-refractivity contribution in [2.24, 2.45) is 11.8 Å². The molecule has 0 aromatic heterocycles. The van der Waals surface area contributed by atoms with Crippen molar-refractivity contribution in [2.75, 3.05) is 20.6 Å². The molecule has 74 valence electrons. The van der Waals surface area contributed by atoms with E-state index in [0.717, 1.165) is 6.54 Å². The van der Waals surface area contributed by atoms with Crippen LogP contribution < -0.4 is 11.3 Å². The van der Waals surface area contributed by atoms with Crippen molar-refractivity contribution >= 4 is 0 Å². The molecule has 0 spiro atoms. The molecule has 12 heavy (non-hydrogen) atoms. The SMILES string of the molecule is CCC(CC)C(CN(C)C)NN. The van der Waals surface area contributed by atoms with Crippen LogP contribution in [0.3, 0.4) is 0 Å². The summed E-state index contributed by atoms with van der Waals surface area (Å²) < 4.78 is 0. The maximum Gasteiger partial charge on any atom is 0.0365 e. The normalized spacial score (nSPS) is 14.2. The number of nitrogens with one attached hydrogen (secondary N) is 1. The van der Waals surface area contributed by atoms with Crippen molar-refractivity contribution in [3.05, 3.63) is 0 Å². The fourth-order valence-corrected chi connectivity index (χ4v) is 1.59. The van der Waals surface area contributed by atoms with Crippen LogP contribution in [0.5, 0.6) is 0 Å². The number of nitrogens with two attached hydrogens (primary N) is 1. The summed E-state index contributed by atoms with van der Waals surface area (Å²) in [6, 6.07) is 0.426. The molecule has 0 rings (SSSR count). The van der Waals surface area contributed by atoms with Gasteiger partial charge in [-0.1, -0.05) is 26.7 Å². The van der Waals surface area contributed by atoms with Gasteiger partial charge in [0.1, 0.15) is 0 Å². The van der Waals surface area contributed by atoms with Crippen molar-refractivity contribution in [2.45, 2.75) is 32.7 Å². The summed E-state index contributed by atoms with van der Waals surface area (Å²) in [5, 5.41) is 0. The molecule has 0 bridgehead atoms. The van der Waals surface area contributed by atoms with E-state index in [1.54, 1.807) is 0 Å². The Labute approximate surface area is 76.3 Å².